The lowest BCUT2D eigenvalue weighted by Gasteiger charge is -2.25. The minimum Gasteiger partial charge on any atom is -0.368 e. The number of rotatable bonds is 1. The van der Waals surface area contributed by atoms with Gasteiger partial charge in [0.2, 0.25) is 0 Å². The standard InChI is InChI=1S/C12H12N4O2S/c17-12(11-2-1-3-19-11)15-5-9-10(6-15)18-7-8-4-13-14-16(8)9/h1-4,9-10H,5-7H2/t9-,10-/m1/s1. The highest BCUT2D eigenvalue weighted by Gasteiger charge is 2.41. The number of hydrogen-bond acceptors (Lipinski definition) is 5. The molecule has 1 fully saturated rings. The van der Waals surface area contributed by atoms with E-state index < -0.39 is 0 Å². The van der Waals surface area contributed by atoms with E-state index in [1.807, 2.05) is 27.1 Å². The Morgan fingerprint density at radius 1 is 1.47 bits per heavy atom. The van der Waals surface area contributed by atoms with Crippen molar-refractivity contribution >= 4 is 17.2 Å². The van der Waals surface area contributed by atoms with E-state index in [-0.39, 0.29) is 18.1 Å². The molecular weight excluding hydrogens is 264 g/mol. The van der Waals surface area contributed by atoms with Gasteiger partial charge in [0.1, 0.15) is 0 Å². The Balaban J connectivity index is 1.59. The summed E-state index contributed by atoms with van der Waals surface area (Å²) < 4.78 is 7.69. The Labute approximate surface area is 113 Å². The second kappa shape index (κ2) is 4.14. The molecule has 4 rings (SSSR count). The number of carbonyl (C=O) groups excluding carboxylic acids is 1. The predicted octanol–water partition coefficient (Wildman–Crippen LogP) is 0.935. The molecule has 2 atom stereocenters. The average molecular weight is 276 g/mol. The second-order valence-corrected chi connectivity index (χ2v) is 5.72. The molecule has 0 bridgehead atoms. The van der Waals surface area contributed by atoms with Crippen LogP contribution in [-0.4, -0.2) is 45.0 Å². The van der Waals surface area contributed by atoms with Gasteiger partial charge >= 0.3 is 0 Å². The van der Waals surface area contributed by atoms with Gasteiger partial charge in [-0.05, 0) is 11.4 Å². The first-order valence-corrected chi connectivity index (χ1v) is 7.04. The summed E-state index contributed by atoms with van der Waals surface area (Å²) in [6.45, 7) is 1.79. The maximum Gasteiger partial charge on any atom is 0.264 e. The molecule has 1 saturated heterocycles. The zero-order valence-corrected chi connectivity index (χ0v) is 10.9. The zero-order valence-electron chi connectivity index (χ0n) is 10.1. The normalized spacial score (nSPS) is 25.2. The summed E-state index contributed by atoms with van der Waals surface area (Å²) in [7, 11) is 0. The maximum atomic E-state index is 12.3. The summed E-state index contributed by atoms with van der Waals surface area (Å²) in [5.74, 6) is 0.0784. The van der Waals surface area contributed by atoms with Crippen molar-refractivity contribution in [3.05, 3.63) is 34.3 Å². The number of fused-ring (bicyclic) bond motifs is 3. The van der Waals surface area contributed by atoms with E-state index in [0.29, 0.717) is 19.7 Å². The van der Waals surface area contributed by atoms with Gasteiger partial charge in [-0.1, -0.05) is 11.3 Å². The highest BCUT2D eigenvalue weighted by molar-refractivity contribution is 7.12. The molecule has 6 nitrogen and oxygen atoms in total. The fourth-order valence-electron chi connectivity index (χ4n) is 2.72. The van der Waals surface area contributed by atoms with Crippen molar-refractivity contribution in [1.29, 1.82) is 0 Å². The largest absolute Gasteiger partial charge is 0.368 e. The molecule has 2 aromatic rings. The van der Waals surface area contributed by atoms with Gasteiger partial charge in [-0.25, -0.2) is 4.68 Å². The summed E-state index contributed by atoms with van der Waals surface area (Å²) in [6.07, 6.45) is 1.75. The van der Waals surface area contributed by atoms with Crippen molar-refractivity contribution in [1.82, 2.24) is 19.9 Å². The van der Waals surface area contributed by atoms with Gasteiger partial charge in [-0.3, -0.25) is 4.79 Å². The lowest BCUT2D eigenvalue weighted by atomic mass is 10.2. The first-order valence-electron chi connectivity index (χ1n) is 6.16. The number of thiophene rings is 1. The zero-order chi connectivity index (χ0) is 12.8. The molecule has 0 saturated carbocycles. The van der Waals surface area contributed by atoms with Crippen molar-refractivity contribution in [2.75, 3.05) is 13.1 Å². The third kappa shape index (κ3) is 1.69. The van der Waals surface area contributed by atoms with E-state index in [4.69, 9.17) is 4.74 Å². The molecule has 0 N–H and O–H groups in total. The van der Waals surface area contributed by atoms with Crippen LogP contribution in [0.3, 0.4) is 0 Å². The van der Waals surface area contributed by atoms with Crippen molar-refractivity contribution in [3.63, 3.8) is 0 Å². The highest BCUT2D eigenvalue weighted by Crippen LogP contribution is 2.31. The number of likely N-dealkylation sites (tertiary alicyclic amines) is 1. The Bertz CT molecular complexity index is 609. The number of amides is 1. The number of nitrogens with zero attached hydrogens (tertiary/aromatic N) is 4. The van der Waals surface area contributed by atoms with Gasteiger partial charge in [0.15, 0.2) is 0 Å². The Hall–Kier alpha value is -1.73. The molecule has 1 amide bonds. The molecule has 2 aliphatic heterocycles. The number of aromatic nitrogens is 3. The molecule has 19 heavy (non-hydrogen) atoms. The summed E-state index contributed by atoms with van der Waals surface area (Å²) >= 11 is 1.47. The van der Waals surface area contributed by atoms with Gasteiger partial charge in [0.05, 0.1) is 35.5 Å². The van der Waals surface area contributed by atoms with Crippen molar-refractivity contribution < 1.29 is 9.53 Å². The lowest BCUT2D eigenvalue weighted by Crippen LogP contribution is -2.32. The minimum atomic E-state index is 0.0260. The Morgan fingerprint density at radius 2 is 2.42 bits per heavy atom. The molecule has 2 aliphatic rings. The Kier molecular flexibility index (Phi) is 2.42. The van der Waals surface area contributed by atoms with E-state index >= 15 is 0 Å². The van der Waals surface area contributed by atoms with E-state index in [2.05, 4.69) is 10.3 Å². The molecular formula is C12H12N4O2S. The number of ether oxygens (including phenoxy) is 1. The van der Waals surface area contributed by atoms with Crippen LogP contribution in [0.1, 0.15) is 21.4 Å². The highest BCUT2D eigenvalue weighted by atomic mass is 32.1. The van der Waals surface area contributed by atoms with Crippen LogP contribution in [0.25, 0.3) is 0 Å². The summed E-state index contributed by atoms with van der Waals surface area (Å²) in [4.78, 5) is 15.0. The van der Waals surface area contributed by atoms with Gasteiger partial charge in [-0.15, -0.1) is 16.4 Å². The molecule has 0 unspecified atom stereocenters. The summed E-state index contributed by atoms with van der Waals surface area (Å²) in [6, 6.07) is 3.85. The average Bonchev–Trinajstić information content (AvgIpc) is 3.15. The summed E-state index contributed by atoms with van der Waals surface area (Å²) in [5, 5.41) is 9.94. The van der Waals surface area contributed by atoms with Crippen LogP contribution in [0, 0.1) is 0 Å². The van der Waals surface area contributed by atoms with Crippen LogP contribution in [0.5, 0.6) is 0 Å². The maximum absolute atomic E-state index is 12.3. The van der Waals surface area contributed by atoms with Gasteiger partial charge in [0.25, 0.3) is 5.91 Å². The summed E-state index contributed by atoms with van der Waals surface area (Å²) in [5.41, 5.74) is 0.978. The third-order valence-electron chi connectivity index (χ3n) is 3.66. The molecule has 98 valence electrons. The predicted molar refractivity (Wildman–Crippen MR) is 67.9 cm³/mol. The number of hydrogen-bond donors (Lipinski definition) is 0. The topological polar surface area (TPSA) is 60.3 Å². The van der Waals surface area contributed by atoms with Crippen molar-refractivity contribution in [3.8, 4) is 0 Å². The van der Waals surface area contributed by atoms with E-state index in [1.165, 1.54) is 11.3 Å². The smallest absolute Gasteiger partial charge is 0.264 e. The van der Waals surface area contributed by atoms with Gasteiger partial charge in [-0.2, -0.15) is 0 Å². The van der Waals surface area contributed by atoms with Crippen LogP contribution in [-0.2, 0) is 11.3 Å². The van der Waals surface area contributed by atoms with E-state index in [9.17, 15) is 4.79 Å². The van der Waals surface area contributed by atoms with Gasteiger partial charge < -0.3 is 9.64 Å². The Morgan fingerprint density at radius 3 is 3.26 bits per heavy atom. The van der Waals surface area contributed by atoms with Crippen LogP contribution in [0.4, 0.5) is 0 Å². The SMILES string of the molecule is O=C(c1cccs1)N1C[C@@H]2[C@@H](C1)OCc1cnnn12. The van der Waals surface area contributed by atoms with Crippen LogP contribution >= 0.6 is 11.3 Å². The number of carbonyl (C=O) groups is 1. The van der Waals surface area contributed by atoms with Gasteiger partial charge in [0, 0.05) is 13.1 Å². The molecule has 2 aromatic heterocycles. The molecule has 0 spiro atoms. The molecule has 4 heterocycles. The molecule has 0 aromatic carbocycles. The van der Waals surface area contributed by atoms with Crippen LogP contribution in [0.2, 0.25) is 0 Å². The van der Waals surface area contributed by atoms with Crippen LogP contribution in [0.15, 0.2) is 23.7 Å². The minimum absolute atomic E-state index is 0.0260. The van der Waals surface area contributed by atoms with E-state index in [1.54, 1.807) is 6.20 Å². The monoisotopic (exact) mass is 276 g/mol. The first kappa shape index (κ1) is 11.1. The molecule has 7 heteroatoms. The fraction of sp³-hybridized carbons (Fsp3) is 0.417. The quantitative estimate of drug-likeness (QED) is 0.777. The lowest BCUT2D eigenvalue weighted by molar-refractivity contribution is -0.00487. The van der Waals surface area contributed by atoms with Crippen molar-refractivity contribution in [2.24, 2.45) is 0 Å². The third-order valence-corrected chi connectivity index (χ3v) is 4.52. The fourth-order valence-corrected chi connectivity index (χ4v) is 3.41. The first-order chi connectivity index (χ1) is 9.33. The van der Waals surface area contributed by atoms with Crippen molar-refractivity contribution in [2.45, 2.75) is 18.8 Å². The van der Waals surface area contributed by atoms with Crippen LogP contribution < -0.4 is 0 Å². The van der Waals surface area contributed by atoms with E-state index in [0.717, 1.165) is 10.6 Å². The molecule has 0 aliphatic carbocycles. The second-order valence-electron chi connectivity index (χ2n) is 4.77. The molecule has 0 radical (unpaired) electrons.